The Bertz CT molecular complexity index is 1390. The molecule has 1 nitrogen and oxygen atoms in total. The fourth-order valence-electron chi connectivity index (χ4n) is 5.89. The normalized spacial score (nSPS) is 14.2. The topological polar surface area (TPSA) is 15.8 Å². The maximum Gasteiger partial charge on any atom is 0.0462 e. The van der Waals surface area contributed by atoms with E-state index in [2.05, 4.69) is 98.6 Å². The van der Waals surface area contributed by atoms with Crippen LogP contribution in [0.15, 0.2) is 79.0 Å². The van der Waals surface area contributed by atoms with Gasteiger partial charge in [0.1, 0.15) is 0 Å². The van der Waals surface area contributed by atoms with E-state index in [1.165, 1.54) is 60.6 Å². The zero-order chi connectivity index (χ0) is 20.4. The predicted molar refractivity (Wildman–Crippen MR) is 127 cm³/mol. The van der Waals surface area contributed by atoms with E-state index in [0.717, 1.165) is 0 Å². The molecule has 0 fully saturated rings. The Morgan fingerprint density at radius 1 is 0.733 bits per heavy atom. The number of pyridine rings is 1. The number of fused-ring (bicyclic) bond motifs is 5. The van der Waals surface area contributed by atoms with Crippen LogP contribution in [0, 0.1) is 13.8 Å². The van der Waals surface area contributed by atoms with E-state index in [1.807, 2.05) is 6.20 Å². The van der Waals surface area contributed by atoms with E-state index in [0.29, 0.717) is 11.8 Å². The average molecular weight is 388 g/mol. The number of H-pyrrole nitrogens is 1. The Kier molecular flexibility index (Phi) is 3.70. The van der Waals surface area contributed by atoms with Crippen molar-refractivity contribution >= 4 is 21.7 Å². The number of hydrogen-bond acceptors (Lipinski definition) is 0. The summed E-state index contributed by atoms with van der Waals surface area (Å²) in [5, 5.41) is 4.10. The zero-order valence-electron chi connectivity index (χ0n) is 17.7. The number of hydrogen-bond donors (Lipinski definition) is 1. The van der Waals surface area contributed by atoms with Gasteiger partial charge in [0.2, 0.25) is 0 Å². The molecule has 1 aromatic heterocycles. The van der Waals surface area contributed by atoms with Crippen molar-refractivity contribution in [3.8, 4) is 11.1 Å². The first-order valence-corrected chi connectivity index (χ1v) is 10.8. The van der Waals surface area contributed by atoms with E-state index >= 15 is 0 Å². The number of benzene rings is 3. The first-order valence-electron chi connectivity index (χ1n) is 10.8. The fourth-order valence-corrected chi connectivity index (χ4v) is 5.89. The third-order valence-corrected chi connectivity index (χ3v) is 7.19. The molecule has 0 unspecified atom stereocenters. The quantitative estimate of drug-likeness (QED) is 0.317. The van der Waals surface area contributed by atoms with Crippen LogP contribution in [0.5, 0.6) is 0 Å². The van der Waals surface area contributed by atoms with Crippen molar-refractivity contribution in [3.05, 3.63) is 107 Å². The largest absolute Gasteiger partial charge is 0.361 e. The summed E-state index contributed by atoms with van der Waals surface area (Å²) in [6.45, 7) is 6.96. The van der Waals surface area contributed by atoms with Crippen LogP contribution in [-0.4, -0.2) is 4.98 Å². The molecule has 0 bridgehead atoms. The lowest BCUT2D eigenvalue weighted by molar-refractivity contribution is 0.672. The van der Waals surface area contributed by atoms with Gasteiger partial charge in [0.25, 0.3) is 0 Å². The molecule has 146 valence electrons. The number of aryl methyl sites for hydroxylation is 2. The molecule has 1 atom stereocenters. The minimum absolute atomic E-state index is 0.387. The van der Waals surface area contributed by atoms with Gasteiger partial charge in [0.15, 0.2) is 0 Å². The Hall–Kier alpha value is -3.32. The van der Waals surface area contributed by atoms with Crippen molar-refractivity contribution in [1.82, 2.24) is 4.98 Å². The highest BCUT2D eigenvalue weighted by molar-refractivity contribution is 6.04. The van der Waals surface area contributed by atoms with Gasteiger partial charge in [-0.2, -0.15) is 0 Å². The second-order valence-electron chi connectivity index (χ2n) is 8.78. The van der Waals surface area contributed by atoms with Crippen LogP contribution in [-0.2, 0) is 0 Å². The Morgan fingerprint density at radius 3 is 2.10 bits per heavy atom. The second kappa shape index (κ2) is 6.34. The maximum absolute atomic E-state index is 3.46. The van der Waals surface area contributed by atoms with E-state index in [9.17, 15) is 0 Å². The van der Waals surface area contributed by atoms with Gasteiger partial charge in [0, 0.05) is 23.0 Å². The molecular weight excluding hydrogens is 362 g/mol. The van der Waals surface area contributed by atoms with Crippen molar-refractivity contribution in [2.45, 2.75) is 32.6 Å². The molecule has 1 heterocycles. The summed E-state index contributed by atoms with van der Waals surface area (Å²) in [6, 6.07) is 27.0. The zero-order valence-corrected chi connectivity index (χ0v) is 17.7. The molecule has 1 aliphatic carbocycles. The van der Waals surface area contributed by atoms with Gasteiger partial charge < -0.3 is 4.98 Å². The van der Waals surface area contributed by atoms with Crippen molar-refractivity contribution in [1.29, 1.82) is 0 Å². The molecule has 0 saturated heterocycles. The lowest BCUT2D eigenvalue weighted by Crippen LogP contribution is -2.08. The molecule has 1 heteroatoms. The molecule has 0 spiro atoms. The molecule has 4 aromatic carbocycles. The molecule has 0 radical (unpaired) electrons. The molecule has 0 saturated carbocycles. The molecule has 1 N–H and O–H groups in total. The highest BCUT2D eigenvalue weighted by Gasteiger charge is 2.34. The van der Waals surface area contributed by atoms with E-state index in [4.69, 9.17) is 0 Å². The average Bonchev–Trinajstić information content (AvgIpc) is 3.28. The van der Waals surface area contributed by atoms with E-state index < -0.39 is 0 Å². The Balaban J connectivity index is 1.61. The molecule has 5 aromatic rings. The third-order valence-electron chi connectivity index (χ3n) is 7.19. The van der Waals surface area contributed by atoms with Crippen molar-refractivity contribution in [2.24, 2.45) is 0 Å². The van der Waals surface area contributed by atoms with Gasteiger partial charge in [0.05, 0.1) is 0 Å². The summed E-state index contributed by atoms with van der Waals surface area (Å²) in [5.41, 5.74) is 11.2. The maximum atomic E-state index is 3.46. The van der Waals surface area contributed by atoms with E-state index in [-0.39, 0.29) is 0 Å². The Labute approximate surface area is 177 Å². The summed E-state index contributed by atoms with van der Waals surface area (Å²) in [5.74, 6) is 0.783. The second-order valence-corrected chi connectivity index (χ2v) is 8.78. The Morgan fingerprint density at radius 2 is 1.40 bits per heavy atom. The highest BCUT2D eigenvalue weighted by Crippen LogP contribution is 2.52. The van der Waals surface area contributed by atoms with Gasteiger partial charge in [-0.3, -0.25) is 0 Å². The highest BCUT2D eigenvalue weighted by atomic mass is 14.6. The van der Waals surface area contributed by atoms with Gasteiger partial charge >= 0.3 is 0 Å². The lowest BCUT2D eigenvalue weighted by Gasteiger charge is -2.23. The summed E-state index contributed by atoms with van der Waals surface area (Å²) in [4.78, 5) is 3.46. The van der Waals surface area contributed by atoms with Crippen LogP contribution in [0.3, 0.4) is 0 Å². The van der Waals surface area contributed by atoms with Crippen LogP contribution in [0.4, 0.5) is 0 Å². The van der Waals surface area contributed by atoms with Gasteiger partial charge in [-0.05, 0) is 81.6 Å². The van der Waals surface area contributed by atoms with Crippen molar-refractivity contribution in [2.75, 3.05) is 0 Å². The summed E-state index contributed by atoms with van der Waals surface area (Å²) >= 11 is 0. The number of aromatic nitrogens is 1. The minimum atomic E-state index is 0.387. The van der Waals surface area contributed by atoms with Gasteiger partial charge in [-0.15, -0.1) is 0 Å². The first kappa shape index (κ1) is 17.5. The summed E-state index contributed by atoms with van der Waals surface area (Å²) in [7, 11) is 0. The van der Waals surface area contributed by atoms with Crippen molar-refractivity contribution in [3.63, 3.8) is 0 Å². The minimum Gasteiger partial charge on any atom is -0.361 e. The molecule has 6 rings (SSSR count). The standard InChI is InChI=1S/C29H25N/c1-17-15-25-18(2)20-13-8-14-30-27(20)16-26(25)28(17)19(3)29-23-11-6-4-9-21(23)22-10-5-7-12-24(22)29/h4-16,19,29-30H,1-3H3/t19-/m0/s1. The summed E-state index contributed by atoms with van der Waals surface area (Å²) in [6.07, 6.45) is 2.02. The molecule has 1 aliphatic rings. The summed E-state index contributed by atoms with van der Waals surface area (Å²) < 4.78 is 0. The first-order chi connectivity index (χ1) is 14.6. The van der Waals surface area contributed by atoms with Gasteiger partial charge in [-0.25, -0.2) is 0 Å². The van der Waals surface area contributed by atoms with E-state index in [1.54, 1.807) is 0 Å². The molecule has 0 amide bonds. The van der Waals surface area contributed by atoms with Crippen LogP contribution in [0.25, 0.3) is 32.8 Å². The fraction of sp³-hybridized carbons (Fsp3) is 0.172. The SMILES string of the molecule is Cc1cc2c(C)c3ccc[nH]c3cc2c1[C@H](C)C1c2ccccc2-c2ccccc21. The van der Waals surface area contributed by atoms with Crippen LogP contribution >= 0.6 is 0 Å². The van der Waals surface area contributed by atoms with Crippen LogP contribution in [0.2, 0.25) is 0 Å². The predicted octanol–water partition coefficient (Wildman–Crippen LogP) is 7.85. The smallest absolute Gasteiger partial charge is 0.0462 e. The van der Waals surface area contributed by atoms with Crippen molar-refractivity contribution < 1.29 is 0 Å². The number of aromatic amines is 1. The van der Waals surface area contributed by atoms with Gasteiger partial charge in [-0.1, -0.05) is 67.6 Å². The number of nitrogens with one attached hydrogen (secondary N) is 1. The number of rotatable bonds is 2. The molecule has 30 heavy (non-hydrogen) atoms. The monoisotopic (exact) mass is 387 g/mol. The lowest BCUT2D eigenvalue weighted by atomic mass is 9.80. The van der Waals surface area contributed by atoms with Crippen LogP contribution in [0.1, 0.15) is 46.6 Å². The third kappa shape index (κ3) is 2.29. The molecular formula is C29H25N. The van der Waals surface area contributed by atoms with Crippen LogP contribution < -0.4 is 0 Å². The molecule has 0 aliphatic heterocycles.